The molecule has 16 heavy (non-hydrogen) atoms. The Morgan fingerprint density at radius 1 is 1.25 bits per heavy atom. The van der Waals surface area contributed by atoms with Crippen molar-refractivity contribution in [2.24, 2.45) is 0 Å². The Morgan fingerprint density at radius 3 is 2.62 bits per heavy atom. The van der Waals surface area contributed by atoms with Crippen molar-refractivity contribution in [3.05, 3.63) is 29.3 Å². The van der Waals surface area contributed by atoms with E-state index in [9.17, 15) is 4.79 Å². The number of alkyl halides is 2. The highest BCUT2D eigenvalue weighted by molar-refractivity contribution is 9.10. The summed E-state index contributed by atoms with van der Waals surface area (Å²) >= 11 is 7.06. The Hall–Kier alpha value is -0.350. The molecule has 0 aromatic heterocycles. The largest absolute Gasteiger partial charge is 0.497 e. The van der Waals surface area contributed by atoms with Gasteiger partial charge >= 0.3 is 0 Å². The maximum atomic E-state index is 12.1. The van der Waals surface area contributed by atoms with Crippen LogP contribution in [0.3, 0.4) is 0 Å². The van der Waals surface area contributed by atoms with Gasteiger partial charge in [-0.3, -0.25) is 4.79 Å². The highest BCUT2D eigenvalue weighted by atomic mass is 79.9. The smallest absolute Gasteiger partial charge is 0.176 e. The molecule has 2 atom stereocenters. The van der Waals surface area contributed by atoms with E-state index in [0.717, 1.165) is 29.7 Å². The zero-order valence-corrected chi connectivity index (χ0v) is 12.0. The molecule has 0 unspecified atom stereocenters. The monoisotopic (exact) mass is 346 g/mol. The summed E-state index contributed by atoms with van der Waals surface area (Å²) in [7, 11) is 1.64. The summed E-state index contributed by atoms with van der Waals surface area (Å²) < 4.78 is 5.19. The molecule has 0 bridgehead atoms. The van der Waals surface area contributed by atoms with E-state index in [4.69, 9.17) is 4.74 Å². The third-order valence-corrected chi connectivity index (χ3v) is 4.64. The Morgan fingerprint density at radius 2 is 1.94 bits per heavy atom. The molecule has 0 aliphatic heterocycles. The standard InChI is InChI=1S/C12H12Br2O2/c1-16-7-2-3-8-9(6-7)10(13)4-5-11(14)12(8)15/h2-3,6,10-11H,4-5H2,1H3/t10-,11+/m0/s1. The van der Waals surface area contributed by atoms with Crippen LogP contribution in [0.5, 0.6) is 5.75 Å². The van der Waals surface area contributed by atoms with Gasteiger partial charge in [0, 0.05) is 10.4 Å². The summed E-state index contributed by atoms with van der Waals surface area (Å²) in [6, 6.07) is 5.63. The molecule has 0 fully saturated rings. The number of Topliss-reactive ketones (excluding diaryl/α,β-unsaturated/α-hetero) is 1. The number of hydrogen-bond donors (Lipinski definition) is 0. The summed E-state index contributed by atoms with van der Waals surface area (Å²) in [5, 5.41) is 0. The molecule has 4 heteroatoms. The molecule has 0 radical (unpaired) electrons. The normalized spacial score (nSPS) is 24.8. The molecule has 1 aliphatic rings. The van der Waals surface area contributed by atoms with Crippen LogP contribution >= 0.6 is 31.9 Å². The summed E-state index contributed by atoms with van der Waals surface area (Å²) in [5.41, 5.74) is 1.83. The first kappa shape index (κ1) is 12.1. The first-order chi connectivity index (χ1) is 7.63. The van der Waals surface area contributed by atoms with Crippen molar-refractivity contribution < 1.29 is 9.53 Å². The summed E-state index contributed by atoms with van der Waals surface area (Å²) in [4.78, 5) is 12.2. The molecule has 0 saturated heterocycles. The lowest BCUT2D eigenvalue weighted by Crippen LogP contribution is -2.12. The van der Waals surface area contributed by atoms with Gasteiger partial charge in [-0.1, -0.05) is 31.9 Å². The lowest BCUT2D eigenvalue weighted by atomic mass is 10.0. The molecule has 0 heterocycles. The molecule has 0 saturated carbocycles. The topological polar surface area (TPSA) is 26.3 Å². The lowest BCUT2D eigenvalue weighted by molar-refractivity contribution is 0.0990. The second kappa shape index (κ2) is 4.88. The molecule has 0 amide bonds. The van der Waals surface area contributed by atoms with Crippen LogP contribution in [0.1, 0.15) is 33.6 Å². The van der Waals surface area contributed by atoms with Crippen molar-refractivity contribution in [2.75, 3.05) is 7.11 Å². The molecule has 1 aromatic rings. The van der Waals surface area contributed by atoms with Gasteiger partial charge in [0.1, 0.15) is 5.75 Å². The second-order valence-corrected chi connectivity index (χ2v) is 6.04. The molecule has 0 N–H and O–H groups in total. The first-order valence-electron chi connectivity index (χ1n) is 5.13. The van der Waals surface area contributed by atoms with Crippen LogP contribution in [0, 0.1) is 0 Å². The van der Waals surface area contributed by atoms with E-state index in [0.29, 0.717) is 0 Å². The zero-order valence-electron chi connectivity index (χ0n) is 8.87. The average Bonchev–Trinajstić information content (AvgIpc) is 2.42. The number of fused-ring (bicyclic) bond motifs is 1. The van der Waals surface area contributed by atoms with Gasteiger partial charge in [0.15, 0.2) is 5.78 Å². The van der Waals surface area contributed by atoms with Crippen LogP contribution in [-0.4, -0.2) is 17.7 Å². The van der Waals surface area contributed by atoms with Gasteiger partial charge in [-0.25, -0.2) is 0 Å². The fourth-order valence-corrected chi connectivity index (χ4v) is 3.05. The number of methoxy groups -OCH3 is 1. The van der Waals surface area contributed by atoms with Gasteiger partial charge in [-0.05, 0) is 36.6 Å². The number of ether oxygens (including phenoxy) is 1. The molecule has 2 nitrogen and oxygen atoms in total. The van der Waals surface area contributed by atoms with Crippen LogP contribution in [0.4, 0.5) is 0 Å². The third kappa shape index (κ3) is 2.18. The molecule has 86 valence electrons. The van der Waals surface area contributed by atoms with Crippen molar-refractivity contribution in [1.29, 1.82) is 0 Å². The zero-order chi connectivity index (χ0) is 11.7. The van der Waals surface area contributed by atoms with Crippen LogP contribution in [0.2, 0.25) is 0 Å². The van der Waals surface area contributed by atoms with Gasteiger partial charge in [-0.15, -0.1) is 0 Å². The highest BCUT2D eigenvalue weighted by Gasteiger charge is 2.27. The number of ketones is 1. The van der Waals surface area contributed by atoms with E-state index in [1.807, 2.05) is 18.2 Å². The molecule has 2 rings (SSSR count). The van der Waals surface area contributed by atoms with Crippen molar-refractivity contribution in [2.45, 2.75) is 22.5 Å². The summed E-state index contributed by atoms with van der Waals surface area (Å²) in [5.74, 6) is 0.962. The maximum absolute atomic E-state index is 12.1. The second-order valence-electron chi connectivity index (χ2n) is 3.83. The van der Waals surface area contributed by atoms with Gasteiger partial charge < -0.3 is 4.74 Å². The molecular weight excluding hydrogens is 336 g/mol. The maximum Gasteiger partial charge on any atom is 0.176 e. The molecule has 0 spiro atoms. The van der Waals surface area contributed by atoms with E-state index in [2.05, 4.69) is 31.9 Å². The number of hydrogen-bond acceptors (Lipinski definition) is 2. The Bertz CT molecular complexity index is 417. The number of carbonyl (C=O) groups is 1. The van der Waals surface area contributed by atoms with E-state index in [-0.39, 0.29) is 15.4 Å². The van der Waals surface area contributed by atoms with Gasteiger partial charge in [0.2, 0.25) is 0 Å². The number of rotatable bonds is 1. The lowest BCUT2D eigenvalue weighted by Gasteiger charge is -2.11. The average molecular weight is 348 g/mol. The Balaban J connectivity index is 2.51. The molecular formula is C12H12Br2O2. The minimum absolute atomic E-state index is 0.0674. The third-order valence-electron chi connectivity index (χ3n) is 2.82. The summed E-state index contributed by atoms with van der Waals surface area (Å²) in [6.45, 7) is 0. The Labute approximate surface area is 112 Å². The van der Waals surface area contributed by atoms with Crippen molar-refractivity contribution in [3.63, 3.8) is 0 Å². The fourth-order valence-electron chi connectivity index (χ4n) is 1.90. The van der Waals surface area contributed by atoms with Gasteiger partial charge in [-0.2, -0.15) is 0 Å². The van der Waals surface area contributed by atoms with E-state index >= 15 is 0 Å². The predicted octanol–water partition coefficient (Wildman–Crippen LogP) is 3.87. The SMILES string of the molecule is COc1ccc2c(c1)[C@@H](Br)CC[C@@H](Br)C2=O. The number of carbonyl (C=O) groups excluding carboxylic acids is 1. The summed E-state index contributed by atoms with van der Waals surface area (Å²) in [6.07, 6.45) is 1.80. The van der Waals surface area contributed by atoms with Gasteiger partial charge in [0.05, 0.1) is 11.9 Å². The van der Waals surface area contributed by atoms with Crippen LogP contribution < -0.4 is 4.74 Å². The minimum Gasteiger partial charge on any atom is -0.497 e. The number of benzene rings is 1. The number of halogens is 2. The van der Waals surface area contributed by atoms with Crippen molar-refractivity contribution in [1.82, 2.24) is 0 Å². The predicted molar refractivity (Wildman–Crippen MR) is 70.9 cm³/mol. The van der Waals surface area contributed by atoms with E-state index in [1.54, 1.807) is 7.11 Å². The van der Waals surface area contributed by atoms with E-state index < -0.39 is 0 Å². The van der Waals surface area contributed by atoms with Crippen LogP contribution in [0.15, 0.2) is 18.2 Å². The Kier molecular flexibility index (Phi) is 3.70. The van der Waals surface area contributed by atoms with Crippen LogP contribution in [-0.2, 0) is 0 Å². The molecule has 1 aliphatic carbocycles. The first-order valence-corrected chi connectivity index (χ1v) is 6.97. The highest BCUT2D eigenvalue weighted by Crippen LogP contribution is 2.38. The quantitative estimate of drug-likeness (QED) is 0.569. The molecule has 1 aromatic carbocycles. The van der Waals surface area contributed by atoms with Crippen LogP contribution in [0.25, 0.3) is 0 Å². The fraction of sp³-hybridized carbons (Fsp3) is 0.417. The van der Waals surface area contributed by atoms with Crippen molar-refractivity contribution in [3.8, 4) is 5.75 Å². The minimum atomic E-state index is -0.0674. The van der Waals surface area contributed by atoms with E-state index in [1.165, 1.54) is 0 Å². The van der Waals surface area contributed by atoms with Crippen molar-refractivity contribution >= 4 is 37.6 Å². The van der Waals surface area contributed by atoms with Gasteiger partial charge in [0.25, 0.3) is 0 Å².